The number of hydrogen-bond donors (Lipinski definition) is 3. The summed E-state index contributed by atoms with van der Waals surface area (Å²) in [6.45, 7) is 4.35. The number of aryl methyl sites for hydroxylation is 1. The second kappa shape index (κ2) is 8.28. The third-order valence-electron chi connectivity index (χ3n) is 6.54. The first-order valence-electron chi connectivity index (χ1n) is 11.3. The average Bonchev–Trinajstić information content (AvgIpc) is 3.17. The number of anilines is 1. The summed E-state index contributed by atoms with van der Waals surface area (Å²) in [5, 5.41) is 4.66. The fraction of sp³-hybridized carbons (Fsp3) is 0.308. The fourth-order valence-corrected chi connectivity index (χ4v) is 4.63. The highest BCUT2D eigenvalue weighted by Crippen LogP contribution is 2.32. The number of H-pyrrole nitrogens is 1. The number of nitrogens with two attached hydrogens (primary N) is 1. The Morgan fingerprint density at radius 1 is 1.19 bits per heavy atom. The van der Waals surface area contributed by atoms with Gasteiger partial charge in [-0.05, 0) is 75.3 Å². The largest absolute Gasteiger partial charge is 0.382 e. The number of hydrogen-bond acceptors (Lipinski definition) is 4. The maximum Gasteiger partial charge on any atom is 0.250 e. The summed E-state index contributed by atoms with van der Waals surface area (Å²) in [4.78, 5) is 23.0. The van der Waals surface area contributed by atoms with Crippen molar-refractivity contribution in [2.45, 2.75) is 32.2 Å². The molecule has 1 aliphatic rings. The summed E-state index contributed by atoms with van der Waals surface area (Å²) in [5.41, 5.74) is 12.7. The van der Waals surface area contributed by atoms with Gasteiger partial charge in [0.25, 0.3) is 5.91 Å². The van der Waals surface area contributed by atoms with Crippen molar-refractivity contribution >= 4 is 33.5 Å². The van der Waals surface area contributed by atoms with Crippen LogP contribution in [0.1, 0.15) is 35.7 Å². The highest BCUT2D eigenvalue weighted by Gasteiger charge is 2.19. The summed E-state index contributed by atoms with van der Waals surface area (Å²) >= 11 is 0. The smallest absolute Gasteiger partial charge is 0.250 e. The number of carbonyl (C=O) groups is 1. The number of carbonyl (C=O) groups excluding carboxylic acids is 1. The third-order valence-corrected chi connectivity index (χ3v) is 6.54. The number of nitrogens with one attached hydrogen (secondary N) is 2. The number of benzene rings is 2. The highest BCUT2D eigenvalue weighted by molar-refractivity contribution is 6.14. The quantitative estimate of drug-likeness (QED) is 0.436. The van der Waals surface area contributed by atoms with E-state index in [1.54, 1.807) is 6.07 Å². The van der Waals surface area contributed by atoms with E-state index in [0.29, 0.717) is 17.1 Å². The molecule has 3 heterocycles. The molecule has 4 N–H and O–H groups in total. The van der Waals surface area contributed by atoms with Gasteiger partial charge < -0.3 is 20.9 Å². The van der Waals surface area contributed by atoms with Gasteiger partial charge in [0.2, 0.25) is 0 Å². The van der Waals surface area contributed by atoms with Gasteiger partial charge in [0.05, 0.1) is 27.8 Å². The molecule has 0 bridgehead atoms. The lowest BCUT2D eigenvalue weighted by molar-refractivity contribution is 0.100. The van der Waals surface area contributed by atoms with Crippen LogP contribution in [0.5, 0.6) is 0 Å². The molecule has 4 aromatic rings. The normalized spacial score (nSPS) is 15.4. The van der Waals surface area contributed by atoms with Crippen LogP contribution in [0.3, 0.4) is 0 Å². The summed E-state index contributed by atoms with van der Waals surface area (Å²) in [5.74, 6) is -0.457. The lowest BCUT2D eigenvalue weighted by Gasteiger charge is -2.30. The number of aromatic amines is 1. The van der Waals surface area contributed by atoms with Gasteiger partial charge in [-0.3, -0.25) is 4.79 Å². The van der Waals surface area contributed by atoms with E-state index in [-0.39, 0.29) is 0 Å². The van der Waals surface area contributed by atoms with E-state index in [1.807, 2.05) is 12.1 Å². The molecular weight excluding hydrogens is 398 g/mol. The van der Waals surface area contributed by atoms with Gasteiger partial charge in [-0.25, -0.2) is 4.98 Å². The molecule has 32 heavy (non-hydrogen) atoms. The summed E-state index contributed by atoms with van der Waals surface area (Å²) in [6.07, 6.45) is 3.21. The third kappa shape index (κ3) is 3.82. The number of fused-ring (bicyclic) bond motifs is 3. The van der Waals surface area contributed by atoms with E-state index in [0.717, 1.165) is 65.7 Å². The van der Waals surface area contributed by atoms with E-state index in [1.165, 1.54) is 5.56 Å². The van der Waals surface area contributed by atoms with Gasteiger partial charge in [0.1, 0.15) is 0 Å². The minimum absolute atomic E-state index is 0.457. The van der Waals surface area contributed by atoms with Gasteiger partial charge >= 0.3 is 0 Å². The Morgan fingerprint density at radius 3 is 2.75 bits per heavy atom. The van der Waals surface area contributed by atoms with Gasteiger partial charge in [-0.1, -0.05) is 25.1 Å². The molecule has 1 aliphatic heterocycles. The van der Waals surface area contributed by atoms with Crippen LogP contribution in [0.25, 0.3) is 33.2 Å². The van der Waals surface area contributed by atoms with Crippen LogP contribution in [-0.4, -0.2) is 47.0 Å². The monoisotopic (exact) mass is 427 g/mol. The van der Waals surface area contributed by atoms with Crippen LogP contribution in [0, 0.1) is 0 Å². The lowest BCUT2D eigenvalue weighted by atomic mass is 10.0. The predicted octanol–water partition coefficient (Wildman–Crippen LogP) is 4.55. The number of amides is 1. The fourth-order valence-electron chi connectivity index (χ4n) is 4.63. The molecule has 1 saturated heterocycles. The predicted molar refractivity (Wildman–Crippen MR) is 131 cm³/mol. The summed E-state index contributed by atoms with van der Waals surface area (Å²) in [6, 6.07) is 16.8. The highest BCUT2D eigenvalue weighted by atomic mass is 16.1. The summed E-state index contributed by atoms with van der Waals surface area (Å²) < 4.78 is 0. The van der Waals surface area contributed by atoms with Crippen LogP contribution in [0.4, 0.5) is 5.69 Å². The molecule has 1 fully saturated rings. The Hall–Kier alpha value is -3.38. The van der Waals surface area contributed by atoms with Crippen LogP contribution in [-0.2, 0) is 6.42 Å². The first kappa shape index (κ1) is 20.5. The SMILES string of the molecule is CCc1cccc(-c2cc(C(N)=O)c3[nH]c4cc(NC5CCN(C)CC5)ccc4c3n2)c1. The summed E-state index contributed by atoms with van der Waals surface area (Å²) in [7, 11) is 2.17. The van der Waals surface area contributed by atoms with E-state index in [4.69, 9.17) is 10.7 Å². The maximum absolute atomic E-state index is 12.3. The molecule has 0 saturated carbocycles. The Bertz CT molecular complexity index is 1300. The molecular formula is C26H29N5O. The van der Waals surface area contributed by atoms with Crippen molar-refractivity contribution in [2.75, 3.05) is 25.5 Å². The Balaban J connectivity index is 1.58. The molecule has 6 nitrogen and oxygen atoms in total. The van der Waals surface area contributed by atoms with Gasteiger partial charge in [-0.2, -0.15) is 0 Å². The van der Waals surface area contributed by atoms with Crippen LogP contribution >= 0.6 is 0 Å². The number of nitrogens with zero attached hydrogens (tertiary/aromatic N) is 2. The molecule has 2 aromatic carbocycles. The van der Waals surface area contributed by atoms with Crippen molar-refractivity contribution in [3.05, 3.63) is 59.7 Å². The van der Waals surface area contributed by atoms with Crippen molar-refractivity contribution in [3.63, 3.8) is 0 Å². The maximum atomic E-state index is 12.3. The van der Waals surface area contributed by atoms with E-state index >= 15 is 0 Å². The topological polar surface area (TPSA) is 87.0 Å². The molecule has 2 aromatic heterocycles. The van der Waals surface area contributed by atoms with Crippen LogP contribution in [0.15, 0.2) is 48.5 Å². The number of pyridine rings is 1. The zero-order chi connectivity index (χ0) is 22.2. The molecule has 1 amide bonds. The molecule has 0 atom stereocenters. The Labute approximate surface area is 187 Å². The zero-order valence-corrected chi connectivity index (χ0v) is 18.6. The van der Waals surface area contributed by atoms with Crippen molar-refractivity contribution in [3.8, 4) is 11.3 Å². The molecule has 0 unspecified atom stereocenters. The van der Waals surface area contributed by atoms with Gasteiger partial charge in [0, 0.05) is 22.7 Å². The minimum atomic E-state index is -0.457. The standard InChI is InChI=1S/C26H29N5O/c1-3-16-5-4-6-17(13-16)22-15-21(26(27)32)25-24(29-22)20-8-7-19(14-23(20)30-25)28-18-9-11-31(2)12-10-18/h4-8,13-15,18,28,30H,3,9-12H2,1-2H3,(H2,27,32). The molecule has 5 rings (SSSR count). The minimum Gasteiger partial charge on any atom is -0.382 e. The molecule has 0 spiro atoms. The molecule has 164 valence electrons. The van der Waals surface area contributed by atoms with E-state index in [2.05, 4.69) is 59.5 Å². The number of aromatic nitrogens is 2. The van der Waals surface area contributed by atoms with Crippen molar-refractivity contribution < 1.29 is 4.79 Å². The second-order valence-corrected chi connectivity index (χ2v) is 8.80. The van der Waals surface area contributed by atoms with Crippen LogP contribution in [0.2, 0.25) is 0 Å². The van der Waals surface area contributed by atoms with E-state index < -0.39 is 5.91 Å². The molecule has 6 heteroatoms. The zero-order valence-electron chi connectivity index (χ0n) is 18.6. The van der Waals surface area contributed by atoms with Crippen LogP contribution < -0.4 is 11.1 Å². The second-order valence-electron chi connectivity index (χ2n) is 8.80. The Morgan fingerprint density at radius 2 is 2.00 bits per heavy atom. The van der Waals surface area contributed by atoms with Crippen molar-refractivity contribution in [1.29, 1.82) is 0 Å². The number of rotatable bonds is 5. The van der Waals surface area contributed by atoms with Gasteiger partial charge in [0.15, 0.2) is 0 Å². The first-order chi connectivity index (χ1) is 15.5. The Kier molecular flexibility index (Phi) is 5.31. The average molecular weight is 428 g/mol. The van der Waals surface area contributed by atoms with Gasteiger partial charge in [-0.15, -0.1) is 0 Å². The molecule has 0 radical (unpaired) electrons. The number of piperidine rings is 1. The van der Waals surface area contributed by atoms with E-state index in [9.17, 15) is 4.79 Å². The lowest BCUT2D eigenvalue weighted by Crippen LogP contribution is -2.36. The number of likely N-dealkylation sites (tertiary alicyclic amines) is 1. The van der Waals surface area contributed by atoms with Crippen molar-refractivity contribution in [1.82, 2.24) is 14.9 Å². The van der Waals surface area contributed by atoms with Crippen molar-refractivity contribution in [2.24, 2.45) is 5.73 Å². The molecule has 0 aliphatic carbocycles. The first-order valence-corrected chi connectivity index (χ1v) is 11.3. The number of primary amides is 1.